The van der Waals surface area contributed by atoms with Crippen LogP contribution in [0.4, 0.5) is 8.78 Å². The molecular weight excluding hydrogens is 492 g/mol. The van der Waals surface area contributed by atoms with Crippen molar-refractivity contribution in [3.63, 3.8) is 0 Å². The Labute approximate surface area is 217 Å². The molecule has 10 heteroatoms. The summed E-state index contributed by atoms with van der Waals surface area (Å²) in [5, 5.41) is 6.81. The van der Waals surface area contributed by atoms with Crippen LogP contribution in [0.1, 0.15) is 40.3 Å². The molecule has 0 atom stereocenters. The molecule has 0 spiro atoms. The Bertz CT molecular complexity index is 1430. The van der Waals surface area contributed by atoms with E-state index in [0.29, 0.717) is 48.9 Å². The third-order valence-corrected chi connectivity index (χ3v) is 6.84. The summed E-state index contributed by atoms with van der Waals surface area (Å²) in [4.78, 5) is 36.9. The molecule has 1 aliphatic rings. The molecule has 5 rings (SSSR count). The molecule has 0 aliphatic carbocycles. The second-order valence-corrected chi connectivity index (χ2v) is 9.26. The number of benzene rings is 2. The fraction of sp³-hybridized carbons (Fsp3) is 0.250. The second kappa shape index (κ2) is 10.5. The van der Waals surface area contributed by atoms with E-state index in [1.54, 1.807) is 48.2 Å². The first-order valence-electron chi connectivity index (χ1n) is 12.2. The third-order valence-electron chi connectivity index (χ3n) is 6.84. The largest absolute Gasteiger partial charge is 0.351 e. The Balaban J connectivity index is 1.31. The molecule has 38 heavy (non-hydrogen) atoms. The lowest BCUT2D eigenvalue weighted by Crippen LogP contribution is -2.53. The summed E-state index contributed by atoms with van der Waals surface area (Å²) >= 11 is 0. The summed E-state index contributed by atoms with van der Waals surface area (Å²) in [5.74, 6) is -0.385. The number of nitrogens with zero attached hydrogens (tertiary/aromatic N) is 4. The standard InChI is InChI=1S/C28H25F2N5O3/c1-18-33-25(34-38-18)20-4-6-21(7-5-20)26(36)35-14-12-28(13-15-35,24-11-10-23(30)17-31-24)27(37)32-16-19-2-8-22(29)9-3-19/h2-11,17H,12-16H2,1H3,(H,32,37). The van der Waals surface area contributed by atoms with Gasteiger partial charge in [0.05, 0.1) is 17.3 Å². The van der Waals surface area contributed by atoms with Crippen molar-refractivity contribution in [3.8, 4) is 11.4 Å². The number of halogens is 2. The molecule has 3 heterocycles. The van der Waals surface area contributed by atoms with Gasteiger partial charge < -0.3 is 14.7 Å². The van der Waals surface area contributed by atoms with Gasteiger partial charge >= 0.3 is 0 Å². The van der Waals surface area contributed by atoms with E-state index < -0.39 is 11.2 Å². The first kappa shape index (κ1) is 25.2. The van der Waals surface area contributed by atoms with E-state index in [-0.39, 0.29) is 24.2 Å². The molecule has 0 bridgehead atoms. The molecule has 1 fully saturated rings. The Kier molecular flexibility index (Phi) is 6.95. The summed E-state index contributed by atoms with van der Waals surface area (Å²) < 4.78 is 31.9. The number of rotatable bonds is 6. The Morgan fingerprint density at radius 3 is 2.26 bits per heavy atom. The number of nitrogens with one attached hydrogen (secondary N) is 1. The van der Waals surface area contributed by atoms with E-state index in [2.05, 4.69) is 20.4 Å². The van der Waals surface area contributed by atoms with Crippen molar-refractivity contribution >= 4 is 11.8 Å². The van der Waals surface area contributed by atoms with Gasteiger partial charge in [0.2, 0.25) is 17.6 Å². The summed E-state index contributed by atoms with van der Waals surface area (Å²) in [7, 11) is 0. The Morgan fingerprint density at radius 2 is 1.66 bits per heavy atom. The summed E-state index contributed by atoms with van der Waals surface area (Å²) in [5.41, 5.74) is 1.39. The molecule has 2 aromatic heterocycles. The zero-order valence-electron chi connectivity index (χ0n) is 20.7. The van der Waals surface area contributed by atoms with Crippen molar-refractivity contribution in [3.05, 3.63) is 101 Å². The van der Waals surface area contributed by atoms with E-state index in [1.807, 2.05) is 0 Å². The Morgan fingerprint density at radius 1 is 0.974 bits per heavy atom. The van der Waals surface area contributed by atoms with Crippen LogP contribution < -0.4 is 5.32 Å². The number of piperidine rings is 1. The number of hydrogen-bond acceptors (Lipinski definition) is 6. The van der Waals surface area contributed by atoms with Gasteiger partial charge in [-0.2, -0.15) is 4.98 Å². The third kappa shape index (κ3) is 5.15. The lowest BCUT2D eigenvalue weighted by molar-refractivity contribution is -0.128. The molecule has 0 unspecified atom stereocenters. The minimum Gasteiger partial charge on any atom is -0.351 e. The quantitative estimate of drug-likeness (QED) is 0.411. The molecule has 0 saturated carbocycles. The van der Waals surface area contributed by atoms with Crippen molar-refractivity contribution in [2.24, 2.45) is 0 Å². The fourth-order valence-electron chi connectivity index (χ4n) is 4.66. The summed E-state index contributed by atoms with van der Waals surface area (Å²) in [6.45, 7) is 2.54. The van der Waals surface area contributed by atoms with Crippen LogP contribution in [-0.2, 0) is 16.8 Å². The summed E-state index contributed by atoms with van der Waals surface area (Å²) in [6.07, 6.45) is 1.72. The lowest BCUT2D eigenvalue weighted by atomic mass is 9.74. The number of pyridine rings is 1. The number of amides is 2. The van der Waals surface area contributed by atoms with Crippen molar-refractivity contribution in [2.75, 3.05) is 13.1 Å². The van der Waals surface area contributed by atoms with Gasteiger partial charge in [0.1, 0.15) is 11.6 Å². The highest BCUT2D eigenvalue weighted by molar-refractivity contribution is 5.95. The predicted octanol–water partition coefficient (Wildman–Crippen LogP) is 4.21. The van der Waals surface area contributed by atoms with Gasteiger partial charge in [-0.3, -0.25) is 14.6 Å². The van der Waals surface area contributed by atoms with Crippen LogP contribution in [-0.4, -0.2) is 44.9 Å². The van der Waals surface area contributed by atoms with Crippen LogP contribution in [0.2, 0.25) is 0 Å². The number of aromatic nitrogens is 3. The van der Waals surface area contributed by atoms with Crippen molar-refractivity contribution in [2.45, 2.75) is 31.7 Å². The van der Waals surface area contributed by atoms with E-state index in [0.717, 1.165) is 17.3 Å². The van der Waals surface area contributed by atoms with Crippen LogP contribution >= 0.6 is 0 Å². The second-order valence-electron chi connectivity index (χ2n) is 9.26. The van der Waals surface area contributed by atoms with Gasteiger partial charge in [-0.25, -0.2) is 8.78 Å². The number of carbonyl (C=O) groups excluding carboxylic acids is 2. The van der Waals surface area contributed by atoms with Gasteiger partial charge in [0, 0.05) is 37.7 Å². The van der Waals surface area contributed by atoms with Crippen molar-refractivity contribution in [1.82, 2.24) is 25.3 Å². The number of likely N-dealkylation sites (tertiary alicyclic amines) is 1. The molecule has 0 radical (unpaired) electrons. The van der Waals surface area contributed by atoms with E-state index >= 15 is 0 Å². The lowest BCUT2D eigenvalue weighted by Gasteiger charge is -2.40. The minimum absolute atomic E-state index is 0.159. The zero-order chi connectivity index (χ0) is 26.7. The predicted molar refractivity (Wildman–Crippen MR) is 134 cm³/mol. The smallest absolute Gasteiger partial charge is 0.253 e. The molecule has 8 nitrogen and oxygen atoms in total. The first-order valence-corrected chi connectivity index (χ1v) is 12.2. The molecule has 2 amide bonds. The van der Waals surface area contributed by atoms with Gasteiger partial charge in [-0.1, -0.05) is 29.4 Å². The highest BCUT2D eigenvalue weighted by Crippen LogP contribution is 2.35. The van der Waals surface area contributed by atoms with Gasteiger partial charge in [0.15, 0.2) is 0 Å². The monoisotopic (exact) mass is 517 g/mol. The normalized spacial score (nSPS) is 14.8. The molecule has 194 valence electrons. The van der Waals surface area contributed by atoms with Gasteiger partial charge in [-0.05, 0) is 54.8 Å². The minimum atomic E-state index is -1.04. The SMILES string of the molecule is Cc1nc(-c2ccc(C(=O)N3CCC(C(=O)NCc4ccc(F)cc4)(c4ccc(F)cn4)CC3)cc2)no1. The molecule has 1 saturated heterocycles. The molecular formula is C28H25F2N5O3. The molecule has 4 aromatic rings. The summed E-state index contributed by atoms with van der Waals surface area (Å²) in [6, 6.07) is 15.6. The number of hydrogen-bond donors (Lipinski definition) is 1. The van der Waals surface area contributed by atoms with Crippen molar-refractivity contribution < 1.29 is 22.9 Å². The van der Waals surface area contributed by atoms with Crippen molar-refractivity contribution in [1.29, 1.82) is 0 Å². The van der Waals surface area contributed by atoms with E-state index in [4.69, 9.17) is 4.52 Å². The Hall–Kier alpha value is -4.47. The first-order chi connectivity index (χ1) is 18.3. The topological polar surface area (TPSA) is 101 Å². The van der Waals surface area contributed by atoms with Crippen LogP contribution in [0.25, 0.3) is 11.4 Å². The van der Waals surface area contributed by atoms with Crippen LogP contribution in [0.3, 0.4) is 0 Å². The average molecular weight is 518 g/mol. The fourth-order valence-corrected chi connectivity index (χ4v) is 4.66. The number of carbonyl (C=O) groups is 2. The van der Waals surface area contributed by atoms with Gasteiger partial charge in [0.25, 0.3) is 5.91 Å². The zero-order valence-corrected chi connectivity index (χ0v) is 20.7. The number of aryl methyl sites for hydroxylation is 1. The maximum Gasteiger partial charge on any atom is 0.253 e. The maximum absolute atomic E-state index is 13.6. The molecule has 1 aliphatic heterocycles. The van der Waals surface area contributed by atoms with E-state index in [9.17, 15) is 18.4 Å². The maximum atomic E-state index is 13.6. The van der Waals surface area contributed by atoms with Crippen LogP contribution in [0, 0.1) is 18.6 Å². The highest BCUT2D eigenvalue weighted by atomic mass is 19.1. The van der Waals surface area contributed by atoms with Crippen LogP contribution in [0.15, 0.2) is 71.4 Å². The van der Waals surface area contributed by atoms with Crippen LogP contribution in [0.5, 0.6) is 0 Å². The average Bonchev–Trinajstić information content (AvgIpc) is 3.39. The molecule has 1 N–H and O–H groups in total. The van der Waals surface area contributed by atoms with Gasteiger partial charge in [-0.15, -0.1) is 0 Å². The molecule has 2 aromatic carbocycles. The highest BCUT2D eigenvalue weighted by Gasteiger charge is 2.45. The van der Waals surface area contributed by atoms with E-state index in [1.165, 1.54) is 24.3 Å².